The highest BCUT2D eigenvalue weighted by Crippen LogP contribution is 2.24. The van der Waals surface area contributed by atoms with Crippen LogP contribution >= 0.6 is 0 Å². The van der Waals surface area contributed by atoms with E-state index in [0.717, 1.165) is 16.5 Å². The molecular weight excluding hydrogens is 256 g/mol. The molecule has 2 aromatic rings. The zero-order valence-electron chi connectivity index (χ0n) is 10.8. The van der Waals surface area contributed by atoms with Crippen molar-refractivity contribution in [2.24, 2.45) is 5.73 Å². The summed E-state index contributed by atoms with van der Waals surface area (Å²) in [6.45, 7) is 0. The largest absolute Gasteiger partial charge is 0.481 e. The summed E-state index contributed by atoms with van der Waals surface area (Å²) in [7, 11) is 0. The standard InChI is InChI=1S/C15H16N2O3/c16-12(9-18)14(8-15(19)20)17-13-7-3-5-10-4-1-2-6-11(10)13/h1-7,9,12,14,17H,8,16H2,(H,19,20)/t12-,14?/m1/s1. The Morgan fingerprint density at radius 3 is 2.65 bits per heavy atom. The van der Waals surface area contributed by atoms with Gasteiger partial charge in [-0.3, -0.25) is 4.79 Å². The summed E-state index contributed by atoms with van der Waals surface area (Å²) in [6.07, 6.45) is 0.342. The highest BCUT2D eigenvalue weighted by molar-refractivity contribution is 5.94. The van der Waals surface area contributed by atoms with E-state index in [1.807, 2.05) is 42.5 Å². The van der Waals surface area contributed by atoms with Crippen LogP contribution in [-0.4, -0.2) is 29.4 Å². The molecule has 0 radical (unpaired) electrons. The van der Waals surface area contributed by atoms with Gasteiger partial charge in [0.2, 0.25) is 0 Å². The van der Waals surface area contributed by atoms with Gasteiger partial charge in [-0.2, -0.15) is 0 Å². The zero-order valence-corrected chi connectivity index (χ0v) is 10.8. The number of carboxylic acids is 1. The number of carbonyl (C=O) groups is 2. The van der Waals surface area contributed by atoms with Crippen LogP contribution in [0.15, 0.2) is 42.5 Å². The first kappa shape index (κ1) is 14.0. The van der Waals surface area contributed by atoms with Crippen molar-refractivity contribution in [3.63, 3.8) is 0 Å². The molecule has 5 heteroatoms. The molecule has 0 saturated heterocycles. The number of hydrogen-bond acceptors (Lipinski definition) is 4. The van der Waals surface area contributed by atoms with Crippen molar-refractivity contribution < 1.29 is 14.7 Å². The Kier molecular flexibility index (Phi) is 4.32. The summed E-state index contributed by atoms with van der Waals surface area (Å²) in [5.74, 6) is -1.000. The first-order chi connectivity index (χ1) is 9.61. The predicted octanol–water partition coefficient (Wildman–Crippen LogP) is 1.62. The molecule has 1 unspecified atom stereocenters. The molecule has 0 heterocycles. The van der Waals surface area contributed by atoms with Gasteiger partial charge < -0.3 is 21.0 Å². The van der Waals surface area contributed by atoms with E-state index in [4.69, 9.17) is 10.8 Å². The maximum absolute atomic E-state index is 10.9. The number of carbonyl (C=O) groups excluding carboxylic acids is 1. The highest BCUT2D eigenvalue weighted by atomic mass is 16.4. The van der Waals surface area contributed by atoms with Crippen molar-refractivity contribution in [2.75, 3.05) is 5.32 Å². The second-order valence-corrected chi connectivity index (χ2v) is 4.59. The third kappa shape index (κ3) is 3.13. The molecule has 0 amide bonds. The number of carboxylic acid groups (broad SMARTS) is 1. The van der Waals surface area contributed by atoms with Gasteiger partial charge in [0, 0.05) is 11.1 Å². The first-order valence-electron chi connectivity index (χ1n) is 6.29. The third-order valence-corrected chi connectivity index (χ3v) is 3.15. The number of benzene rings is 2. The molecule has 4 N–H and O–H groups in total. The Morgan fingerprint density at radius 1 is 1.25 bits per heavy atom. The Labute approximate surface area is 116 Å². The van der Waals surface area contributed by atoms with Crippen molar-refractivity contribution >= 4 is 28.7 Å². The molecule has 0 aromatic heterocycles. The van der Waals surface area contributed by atoms with Gasteiger partial charge in [-0.25, -0.2) is 0 Å². The van der Waals surface area contributed by atoms with E-state index in [2.05, 4.69) is 5.32 Å². The van der Waals surface area contributed by atoms with Crippen LogP contribution in [0, 0.1) is 0 Å². The van der Waals surface area contributed by atoms with Gasteiger partial charge in [-0.15, -0.1) is 0 Å². The molecule has 0 saturated carbocycles. The van der Waals surface area contributed by atoms with Crippen LogP contribution < -0.4 is 11.1 Å². The van der Waals surface area contributed by atoms with Crippen LogP contribution in [0.4, 0.5) is 5.69 Å². The van der Waals surface area contributed by atoms with E-state index in [0.29, 0.717) is 6.29 Å². The molecule has 5 nitrogen and oxygen atoms in total. The van der Waals surface area contributed by atoms with Gasteiger partial charge in [-0.1, -0.05) is 36.4 Å². The van der Waals surface area contributed by atoms with Crippen molar-refractivity contribution in [2.45, 2.75) is 18.5 Å². The SMILES string of the molecule is N[C@H](C=O)C(CC(=O)O)Nc1cccc2ccccc12. The molecule has 104 valence electrons. The monoisotopic (exact) mass is 272 g/mol. The molecule has 0 spiro atoms. The van der Waals surface area contributed by atoms with Crippen molar-refractivity contribution in [3.8, 4) is 0 Å². The summed E-state index contributed by atoms with van der Waals surface area (Å²) < 4.78 is 0. The summed E-state index contributed by atoms with van der Waals surface area (Å²) in [4.78, 5) is 21.7. The molecule has 0 fully saturated rings. The van der Waals surface area contributed by atoms with E-state index >= 15 is 0 Å². The lowest BCUT2D eigenvalue weighted by molar-refractivity contribution is -0.137. The Hall–Kier alpha value is -2.40. The van der Waals surface area contributed by atoms with E-state index < -0.39 is 18.1 Å². The summed E-state index contributed by atoms with van der Waals surface area (Å²) in [5.41, 5.74) is 6.43. The number of nitrogens with two attached hydrogens (primary N) is 1. The lowest BCUT2D eigenvalue weighted by atomic mass is 10.0. The Bertz CT molecular complexity index is 622. The molecule has 20 heavy (non-hydrogen) atoms. The van der Waals surface area contributed by atoms with Crippen LogP contribution in [0.5, 0.6) is 0 Å². The van der Waals surface area contributed by atoms with Gasteiger partial charge in [0.15, 0.2) is 0 Å². The van der Waals surface area contributed by atoms with E-state index in [1.165, 1.54) is 0 Å². The Balaban J connectivity index is 2.32. The summed E-state index contributed by atoms with van der Waals surface area (Å²) >= 11 is 0. The van der Waals surface area contributed by atoms with Crippen molar-refractivity contribution in [1.29, 1.82) is 0 Å². The van der Waals surface area contributed by atoms with Crippen molar-refractivity contribution in [1.82, 2.24) is 0 Å². The second kappa shape index (κ2) is 6.16. The lowest BCUT2D eigenvalue weighted by Crippen LogP contribution is -2.42. The average Bonchev–Trinajstić information content (AvgIpc) is 2.45. The van der Waals surface area contributed by atoms with E-state index in [9.17, 15) is 9.59 Å². The van der Waals surface area contributed by atoms with Crippen LogP contribution in [-0.2, 0) is 9.59 Å². The number of anilines is 1. The minimum atomic E-state index is -1.000. The molecule has 2 atom stereocenters. The number of rotatable bonds is 6. The molecule has 0 aliphatic heterocycles. The zero-order chi connectivity index (χ0) is 14.5. The van der Waals surface area contributed by atoms with Gasteiger partial charge >= 0.3 is 5.97 Å². The van der Waals surface area contributed by atoms with Gasteiger partial charge in [0.1, 0.15) is 6.29 Å². The number of nitrogens with one attached hydrogen (secondary N) is 1. The normalized spacial score (nSPS) is 13.7. The fourth-order valence-corrected chi connectivity index (χ4v) is 2.12. The number of hydrogen-bond donors (Lipinski definition) is 3. The molecule has 0 aliphatic carbocycles. The van der Waals surface area contributed by atoms with Gasteiger partial charge in [-0.05, 0) is 11.5 Å². The molecule has 2 rings (SSSR count). The first-order valence-corrected chi connectivity index (χ1v) is 6.29. The quantitative estimate of drug-likeness (QED) is 0.695. The summed E-state index contributed by atoms with van der Waals surface area (Å²) in [5, 5.41) is 14.0. The Morgan fingerprint density at radius 2 is 1.95 bits per heavy atom. The predicted molar refractivity (Wildman–Crippen MR) is 77.7 cm³/mol. The van der Waals surface area contributed by atoms with Crippen LogP contribution in [0.25, 0.3) is 10.8 Å². The molecule has 0 bridgehead atoms. The van der Waals surface area contributed by atoms with Gasteiger partial charge in [0.25, 0.3) is 0 Å². The van der Waals surface area contributed by atoms with Crippen LogP contribution in [0.1, 0.15) is 6.42 Å². The fraction of sp³-hybridized carbons (Fsp3) is 0.200. The smallest absolute Gasteiger partial charge is 0.305 e. The highest BCUT2D eigenvalue weighted by Gasteiger charge is 2.20. The van der Waals surface area contributed by atoms with E-state index in [1.54, 1.807) is 0 Å². The van der Waals surface area contributed by atoms with Gasteiger partial charge in [0.05, 0.1) is 18.5 Å². The number of aldehydes is 1. The topological polar surface area (TPSA) is 92.4 Å². The molecule has 2 aromatic carbocycles. The summed E-state index contributed by atoms with van der Waals surface area (Å²) in [6, 6.07) is 11.9. The third-order valence-electron chi connectivity index (χ3n) is 3.15. The second-order valence-electron chi connectivity index (χ2n) is 4.59. The number of fused-ring (bicyclic) bond motifs is 1. The van der Waals surface area contributed by atoms with Crippen LogP contribution in [0.2, 0.25) is 0 Å². The van der Waals surface area contributed by atoms with Crippen LogP contribution in [0.3, 0.4) is 0 Å². The molecular formula is C15H16N2O3. The lowest BCUT2D eigenvalue weighted by Gasteiger charge is -2.21. The minimum Gasteiger partial charge on any atom is -0.481 e. The minimum absolute atomic E-state index is 0.219. The number of aliphatic carboxylic acids is 1. The fourth-order valence-electron chi connectivity index (χ4n) is 2.12. The average molecular weight is 272 g/mol. The van der Waals surface area contributed by atoms with Crippen molar-refractivity contribution in [3.05, 3.63) is 42.5 Å². The molecule has 0 aliphatic rings. The maximum atomic E-state index is 10.9. The maximum Gasteiger partial charge on any atom is 0.305 e. The van der Waals surface area contributed by atoms with E-state index in [-0.39, 0.29) is 6.42 Å².